The molecule has 5 nitrogen and oxygen atoms in total. The molecular formula is C17H10N4OS3. The zero-order valence-corrected chi connectivity index (χ0v) is 15.4. The summed E-state index contributed by atoms with van der Waals surface area (Å²) in [5.41, 5.74) is 2.57. The Morgan fingerprint density at radius 2 is 1.64 bits per heavy atom. The van der Waals surface area contributed by atoms with E-state index in [-0.39, 0.29) is 5.91 Å². The van der Waals surface area contributed by atoms with Crippen molar-refractivity contribution in [3.05, 3.63) is 46.4 Å². The maximum absolute atomic E-state index is 12.5. The van der Waals surface area contributed by atoms with Crippen LogP contribution in [0.5, 0.6) is 0 Å². The van der Waals surface area contributed by atoms with Crippen molar-refractivity contribution >= 4 is 75.7 Å². The van der Waals surface area contributed by atoms with Gasteiger partial charge in [0.1, 0.15) is 11.0 Å². The molecule has 0 aliphatic rings. The van der Waals surface area contributed by atoms with Crippen LogP contribution in [0.1, 0.15) is 14.8 Å². The maximum atomic E-state index is 12.5. The summed E-state index contributed by atoms with van der Waals surface area (Å²) >= 11 is 4.48. The highest BCUT2D eigenvalue weighted by Gasteiger charge is 2.16. The molecule has 2 aromatic carbocycles. The summed E-state index contributed by atoms with van der Waals surface area (Å²) < 4.78 is 3.12. The molecule has 0 atom stereocenters. The summed E-state index contributed by atoms with van der Waals surface area (Å²) in [6, 6.07) is 11.8. The number of hydrogen-bond acceptors (Lipinski definition) is 7. The van der Waals surface area contributed by atoms with E-state index in [1.165, 1.54) is 22.7 Å². The highest BCUT2D eigenvalue weighted by atomic mass is 32.1. The number of aromatic nitrogens is 3. The Morgan fingerprint density at radius 3 is 2.48 bits per heavy atom. The van der Waals surface area contributed by atoms with Gasteiger partial charge in [0.2, 0.25) is 0 Å². The SMILES string of the molecule is Cc1nc2c(ccc3sc(NC(=O)c4nc5ccccc5s4)nc32)s1. The Hall–Kier alpha value is -2.42. The average Bonchev–Trinajstić information content (AvgIpc) is 3.28. The largest absolute Gasteiger partial charge is 0.296 e. The second-order valence-electron chi connectivity index (χ2n) is 5.45. The molecule has 0 bridgehead atoms. The third-order valence-electron chi connectivity index (χ3n) is 3.73. The fourth-order valence-electron chi connectivity index (χ4n) is 2.66. The second kappa shape index (κ2) is 5.55. The van der Waals surface area contributed by atoms with Gasteiger partial charge >= 0.3 is 0 Å². The number of carbonyl (C=O) groups excluding carboxylic acids is 1. The number of para-hydroxylation sites is 1. The van der Waals surface area contributed by atoms with Crippen LogP contribution < -0.4 is 5.32 Å². The van der Waals surface area contributed by atoms with Crippen molar-refractivity contribution in [2.24, 2.45) is 0 Å². The van der Waals surface area contributed by atoms with E-state index in [0.29, 0.717) is 10.1 Å². The van der Waals surface area contributed by atoms with E-state index in [2.05, 4.69) is 26.3 Å². The molecule has 0 unspecified atom stereocenters. The first-order valence-corrected chi connectivity index (χ1v) is 9.96. The number of nitrogens with zero attached hydrogens (tertiary/aromatic N) is 3. The molecular weight excluding hydrogens is 372 g/mol. The van der Waals surface area contributed by atoms with E-state index < -0.39 is 0 Å². The quantitative estimate of drug-likeness (QED) is 0.462. The number of anilines is 1. The molecule has 5 rings (SSSR count). The number of benzene rings is 2. The van der Waals surface area contributed by atoms with Crippen LogP contribution in [-0.4, -0.2) is 20.9 Å². The van der Waals surface area contributed by atoms with Gasteiger partial charge in [0.15, 0.2) is 10.1 Å². The van der Waals surface area contributed by atoms with Gasteiger partial charge in [0, 0.05) is 0 Å². The highest BCUT2D eigenvalue weighted by molar-refractivity contribution is 7.23. The van der Waals surface area contributed by atoms with Gasteiger partial charge in [-0.3, -0.25) is 10.1 Å². The molecule has 3 aromatic heterocycles. The number of carbonyl (C=O) groups is 1. The number of rotatable bonds is 2. The molecule has 0 saturated heterocycles. The minimum Gasteiger partial charge on any atom is -0.296 e. The van der Waals surface area contributed by atoms with Gasteiger partial charge in [0.25, 0.3) is 5.91 Å². The van der Waals surface area contributed by atoms with Crippen LogP contribution in [0.2, 0.25) is 0 Å². The molecule has 25 heavy (non-hydrogen) atoms. The van der Waals surface area contributed by atoms with E-state index in [1.807, 2.05) is 37.3 Å². The zero-order valence-electron chi connectivity index (χ0n) is 12.9. The van der Waals surface area contributed by atoms with Crippen LogP contribution in [0.3, 0.4) is 0 Å². The Morgan fingerprint density at radius 1 is 0.880 bits per heavy atom. The van der Waals surface area contributed by atoms with E-state index in [0.717, 1.165) is 35.7 Å². The Balaban J connectivity index is 1.52. The molecule has 1 amide bonds. The predicted octanol–water partition coefficient (Wildman–Crippen LogP) is 5.08. The number of nitrogens with one attached hydrogen (secondary N) is 1. The molecule has 5 aromatic rings. The smallest absolute Gasteiger partial charge is 0.286 e. The third kappa shape index (κ3) is 2.50. The lowest BCUT2D eigenvalue weighted by Crippen LogP contribution is -2.11. The van der Waals surface area contributed by atoms with Gasteiger partial charge in [-0.25, -0.2) is 15.0 Å². The van der Waals surface area contributed by atoms with Crippen LogP contribution in [0.25, 0.3) is 30.6 Å². The van der Waals surface area contributed by atoms with Gasteiger partial charge in [-0.1, -0.05) is 23.5 Å². The molecule has 122 valence electrons. The summed E-state index contributed by atoms with van der Waals surface area (Å²) in [6.07, 6.45) is 0. The molecule has 0 saturated carbocycles. The first-order chi connectivity index (χ1) is 12.2. The highest BCUT2D eigenvalue weighted by Crippen LogP contribution is 2.34. The monoisotopic (exact) mass is 382 g/mol. The zero-order chi connectivity index (χ0) is 17.0. The van der Waals surface area contributed by atoms with Crippen LogP contribution in [0.4, 0.5) is 5.13 Å². The average molecular weight is 382 g/mol. The lowest BCUT2D eigenvalue weighted by molar-refractivity contribution is 0.102. The standard InChI is InChI=1S/C17H10N4OS3/c1-8-18-13-11(23-8)6-7-12-14(13)20-17(25-12)21-15(22)16-19-9-4-2-3-5-10(9)24-16/h2-7H,1H3,(H,20,21,22). The minimum absolute atomic E-state index is 0.231. The summed E-state index contributed by atoms with van der Waals surface area (Å²) in [4.78, 5) is 26.0. The summed E-state index contributed by atoms with van der Waals surface area (Å²) in [5.74, 6) is -0.231. The Bertz CT molecular complexity index is 1230. The fourth-order valence-corrected chi connectivity index (χ4v) is 5.22. The first-order valence-electron chi connectivity index (χ1n) is 7.51. The van der Waals surface area contributed by atoms with Crippen LogP contribution in [-0.2, 0) is 0 Å². The fraction of sp³-hybridized carbons (Fsp3) is 0.0588. The molecule has 0 fully saturated rings. The molecule has 8 heteroatoms. The third-order valence-corrected chi connectivity index (χ3v) is 6.64. The molecule has 0 aliphatic carbocycles. The maximum Gasteiger partial charge on any atom is 0.286 e. The van der Waals surface area contributed by atoms with Gasteiger partial charge in [-0.15, -0.1) is 22.7 Å². The van der Waals surface area contributed by atoms with Gasteiger partial charge in [0.05, 0.1) is 24.6 Å². The lowest BCUT2D eigenvalue weighted by Gasteiger charge is -1.95. The summed E-state index contributed by atoms with van der Waals surface area (Å²) in [7, 11) is 0. The number of aryl methyl sites for hydroxylation is 1. The van der Waals surface area contributed by atoms with Gasteiger partial charge < -0.3 is 0 Å². The van der Waals surface area contributed by atoms with Gasteiger partial charge in [-0.2, -0.15) is 0 Å². The lowest BCUT2D eigenvalue weighted by atomic mass is 10.3. The van der Waals surface area contributed by atoms with Crippen molar-refractivity contribution in [3.63, 3.8) is 0 Å². The van der Waals surface area contributed by atoms with Crippen molar-refractivity contribution in [1.82, 2.24) is 15.0 Å². The molecule has 0 aliphatic heterocycles. The number of thiazole rings is 3. The molecule has 1 N–H and O–H groups in total. The molecule has 0 radical (unpaired) electrons. The van der Waals surface area contributed by atoms with E-state index in [1.54, 1.807) is 11.3 Å². The van der Waals surface area contributed by atoms with E-state index in [9.17, 15) is 4.79 Å². The summed E-state index contributed by atoms with van der Waals surface area (Å²) in [6.45, 7) is 1.98. The topological polar surface area (TPSA) is 67.8 Å². The minimum atomic E-state index is -0.231. The van der Waals surface area contributed by atoms with Crippen LogP contribution in [0, 0.1) is 6.92 Å². The van der Waals surface area contributed by atoms with E-state index in [4.69, 9.17) is 0 Å². The van der Waals surface area contributed by atoms with Crippen molar-refractivity contribution in [2.45, 2.75) is 6.92 Å². The van der Waals surface area contributed by atoms with Crippen molar-refractivity contribution in [3.8, 4) is 0 Å². The predicted molar refractivity (Wildman–Crippen MR) is 105 cm³/mol. The number of hydrogen-bond donors (Lipinski definition) is 1. The van der Waals surface area contributed by atoms with Crippen molar-refractivity contribution in [2.75, 3.05) is 5.32 Å². The second-order valence-corrected chi connectivity index (χ2v) is 8.75. The van der Waals surface area contributed by atoms with Crippen LogP contribution >= 0.6 is 34.0 Å². The summed E-state index contributed by atoms with van der Waals surface area (Å²) in [5, 5.41) is 4.89. The van der Waals surface area contributed by atoms with Crippen molar-refractivity contribution < 1.29 is 4.79 Å². The Labute approximate surface area is 154 Å². The molecule has 0 spiro atoms. The number of amides is 1. The number of fused-ring (bicyclic) bond motifs is 4. The normalized spacial score (nSPS) is 11.6. The van der Waals surface area contributed by atoms with Crippen molar-refractivity contribution in [1.29, 1.82) is 0 Å². The molecule has 3 heterocycles. The van der Waals surface area contributed by atoms with Gasteiger partial charge in [-0.05, 0) is 31.2 Å². The first kappa shape index (κ1) is 14.9. The van der Waals surface area contributed by atoms with Crippen LogP contribution in [0.15, 0.2) is 36.4 Å². The van der Waals surface area contributed by atoms with E-state index >= 15 is 0 Å². The Kier molecular flexibility index (Phi) is 3.30.